The SMILES string of the molecule is CCCCNC(=O)[C@H](CC)N(Cc1ccc(Cl)cc1)C(=O)CN(c1ccccc1)S(=O)(=O)c1ccccc1. The monoisotopic (exact) mass is 555 g/mol. The number of unbranched alkanes of at least 4 members (excludes halogenated alkanes) is 1. The van der Waals surface area contributed by atoms with E-state index in [9.17, 15) is 18.0 Å². The summed E-state index contributed by atoms with van der Waals surface area (Å²) >= 11 is 6.05. The van der Waals surface area contributed by atoms with Crippen LogP contribution in [0.1, 0.15) is 38.7 Å². The number of sulfonamides is 1. The van der Waals surface area contributed by atoms with Gasteiger partial charge in [0, 0.05) is 18.1 Å². The minimum Gasteiger partial charge on any atom is -0.354 e. The second-order valence-electron chi connectivity index (χ2n) is 8.88. The number of nitrogens with one attached hydrogen (secondary N) is 1. The van der Waals surface area contributed by atoms with Crippen LogP contribution in [0.15, 0.2) is 89.8 Å². The second kappa shape index (κ2) is 14.0. The van der Waals surface area contributed by atoms with Crippen LogP contribution in [0.3, 0.4) is 0 Å². The third-order valence-corrected chi connectivity index (χ3v) is 8.18. The Bertz CT molecular complexity index is 1290. The van der Waals surface area contributed by atoms with Crippen molar-refractivity contribution >= 4 is 39.1 Å². The number of benzene rings is 3. The van der Waals surface area contributed by atoms with Crippen molar-refractivity contribution in [1.29, 1.82) is 0 Å². The Morgan fingerprint density at radius 1 is 0.895 bits per heavy atom. The maximum atomic E-state index is 13.9. The minimum absolute atomic E-state index is 0.0743. The molecule has 0 heterocycles. The molecule has 38 heavy (non-hydrogen) atoms. The van der Waals surface area contributed by atoms with Crippen molar-refractivity contribution in [3.8, 4) is 0 Å². The number of para-hydroxylation sites is 1. The zero-order chi connectivity index (χ0) is 27.5. The number of hydrogen-bond acceptors (Lipinski definition) is 4. The lowest BCUT2D eigenvalue weighted by atomic mass is 10.1. The number of hydrogen-bond donors (Lipinski definition) is 1. The molecule has 7 nitrogen and oxygen atoms in total. The van der Waals surface area contributed by atoms with Crippen LogP contribution < -0.4 is 9.62 Å². The van der Waals surface area contributed by atoms with Crippen molar-refractivity contribution in [2.24, 2.45) is 0 Å². The maximum Gasteiger partial charge on any atom is 0.264 e. The molecule has 9 heteroatoms. The molecule has 0 unspecified atom stereocenters. The second-order valence-corrected chi connectivity index (χ2v) is 11.2. The molecule has 0 saturated heterocycles. The van der Waals surface area contributed by atoms with Gasteiger partial charge in [0.15, 0.2) is 0 Å². The fraction of sp³-hybridized carbons (Fsp3) is 0.310. The van der Waals surface area contributed by atoms with Crippen LogP contribution >= 0.6 is 11.6 Å². The van der Waals surface area contributed by atoms with Crippen molar-refractivity contribution in [2.75, 3.05) is 17.4 Å². The Labute approximate surface area is 230 Å². The lowest BCUT2D eigenvalue weighted by Gasteiger charge is -2.33. The normalized spacial score (nSPS) is 12.0. The molecule has 3 aromatic rings. The summed E-state index contributed by atoms with van der Waals surface area (Å²) in [6, 6.07) is 22.8. The fourth-order valence-corrected chi connectivity index (χ4v) is 5.62. The predicted molar refractivity (Wildman–Crippen MR) is 151 cm³/mol. The highest BCUT2D eigenvalue weighted by molar-refractivity contribution is 7.92. The highest BCUT2D eigenvalue weighted by Gasteiger charge is 2.33. The molecule has 0 fully saturated rings. The number of amides is 2. The van der Waals surface area contributed by atoms with Crippen molar-refractivity contribution in [2.45, 2.75) is 50.6 Å². The first-order valence-corrected chi connectivity index (χ1v) is 14.5. The van der Waals surface area contributed by atoms with Crippen LogP contribution in [0.2, 0.25) is 5.02 Å². The third-order valence-electron chi connectivity index (χ3n) is 6.14. The molecule has 0 saturated carbocycles. The van der Waals surface area contributed by atoms with E-state index >= 15 is 0 Å². The van der Waals surface area contributed by atoms with Gasteiger partial charge in [0.05, 0.1) is 10.6 Å². The molecule has 0 bridgehead atoms. The first-order chi connectivity index (χ1) is 18.3. The first kappa shape index (κ1) is 29.2. The molecule has 3 aromatic carbocycles. The number of carbonyl (C=O) groups is 2. The Morgan fingerprint density at radius 3 is 2.08 bits per heavy atom. The quantitative estimate of drug-likeness (QED) is 0.291. The molecule has 2 amide bonds. The molecule has 0 aliphatic carbocycles. The van der Waals surface area contributed by atoms with Gasteiger partial charge in [-0.15, -0.1) is 0 Å². The van der Waals surface area contributed by atoms with Gasteiger partial charge in [-0.05, 0) is 54.8 Å². The van der Waals surface area contributed by atoms with Gasteiger partial charge >= 0.3 is 0 Å². The smallest absolute Gasteiger partial charge is 0.264 e. The summed E-state index contributed by atoms with van der Waals surface area (Å²) in [5.41, 5.74) is 1.14. The van der Waals surface area contributed by atoms with Crippen LogP contribution in [0.25, 0.3) is 0 Å². The van der Waals surface area contributed by atoms with Crippen molar-refractivity contribution in [3.05, 3.63) is 95.5 Å². The van der Waals surface area contributed by atoms with Gasteiger partial charge in [-0.3, -0.25) is 13.9 Å². The summed E-state index contributed by atoms with van der Waals surface area (Å²) in [4.78, 5) is 28.6. The molecule has 0 spiro atoms. The van der Waals surface area contributed by atoms with Crippen molar-refractivity contribution in [3.63, 3.8) is 0 Å². The summed E-state index contributed by atoms with van der Waals surface area (Å²) in [5, 5.41) is 3.48. The Morgan fingerprint density at radius 2 is 1.50 bits per heavy atom. The molecular weight excluding hydrogens is 522 g/mol. The van der Waals surface area contributed by atoms with E-state index in [4.69, 9.17) is 11.6 Å². The summed E-state index contributed by atoms with van der Waals surface area (Å²) in [7, 11) is -4.06. The molecule has 0 radical (unpaired) electrons. The lowest BCUT2D eigenvalue weighted by molar-refractivity contribution is -0.140. The van der Waals surface area contributed by atoms with E-state index in [0.29, 0.717) is 23.7 Å². The lowest BCUT2D eigenvalue weighted by Crippen LogP contribution is -2.52. The van der Waals surface area contributed by atoms with E-state index in [1.54, 1.807) is 72.8 Å². The summed E-state index contributed by atoms with van der Waals surface area (Å²) in [6.45, 7) is 4.04. The van der Waals surface area contributed by atoms with E-state index in [1.807, 2.05) is 13.8 Å². The molecule has 202 valence electrons. The zero-order valence-electron chi connectivity index (χ0n) is 21.7. The Balaban J connectivity index is 1.99. The van der Waals surface area contributed by atoms with Crippen LogP contribution in [0, 0.1) is 0 Å². The van der Waals surface area contributed by atoms with Crippen LogP contribution in [0.5, 0.6) is 0 Å². The van der Waals surface area contributed by atoms with Gasteiger partial charge in [0.25, 0.3) is 10.0 Å². The van der Waals surface area contributed by atoms with Gasteiger partial charge in [-0.25, -0.2) is 8.42 Å². The average molecular weight is 556 g/mol. The standard InChI is InChI=1S/C29H34ClN3O4S/c1-3-5-20-31-29(35)27(4-2)32(21-23-16-18-24(30)19-17-23)28(34)22-33(25-12-8-6-9-13-25)38(36,37)26-14-10-7-11-15-26/h6-19,27H,3-5,20-22H2,1-2H3,(H,31,35)/t27-/m0/s1. The molecule has 1 atom stereocenters. The van der Waals surface area contributed by atoms with Crippen molar-refractivity contribution < 1.29 is 18.0 Å². The first-order valence-electron chi connectivity index (χ1n) is 12.7. The van der Waals surface area contributed by atoms with E-state index < -0.39 is 28.5 Å². The zero-order valence-corrected chi connectivity index (χ0v) is 23.3. The summed E-state index contributed by atoms with van der Waals surface area (Å²) in [5.74, 6) is -0.749. The van der Waals surface area contributed by atoms with Gasteiger partial charge in [-0.1, -0.05) is 80.4 Å². The molecular formula is C29H34ClN3O4S. The molecule has 0 aliphatic rings. The summed E-state index contributed by atoms with van der Waals surface area (Å²) in [6.07, 6.45) is 2.12. The maximum absolute atomic E-state index is 13.9. The van der Waals surface area contributed by atoms with Crippen LogP contribution in [0.4, 0.5) is 5.69 Å². The minimum atomic E-state index is -4.06. The number of anilines is 1. The highest BCUT2D eigenvalue weighted by Crippen LogP contribution is 2.24. The molecule has 1 N–H and O–H groups in total. The van der Waals surface area contributed by atoms with E-state index in [1.165, 1.54) is 17.0 Å². The van der Waals surface area contributed by atoms with E-state index in [2.05, 4.69) is 5.32 Å². The average Bonchev–Trinajstić information content (AvgIpc) is 2.93. The van der Waals surface area contributed by atoms with Crippen LogP contribution in [-0.4, -0.2) is 44.3 Å². The highest BCUT2D eigenvalue weighted by atomic mass is 35.5. The topological polar surface area (TPSA) is 86.8 Å². The molecule has 3 rings (SSSR count). The Kier molecular flexibility index (Phi) is 10.7. The fourth-order valence-electron chi connectivity index (χ4n) is 4.05. The van der Waals surface area contributed by atoms with Gasteiger partial charge < -0.3 is 10.2 Å². The predicted octanol–water partition coefficient (Wildman–Crippen LogP) is 5.26. The molecule has 0 aliphatic heterocycles. The van der Waals surface area contributed by atoms with Gasteiger partial charge in [0.1, 0.15) is 12.6 Å². The number of rotatable bonds is 13. The Hall–Kier alpha value is -3.36. The number of carbonyl (C=O) groups excluding carboxylic acids is 2. The van der Waals surface area contributed by atoms with Gasteiger partial charge in [0.2, 0.25) is 11.8 Å². The van der Waals surface area contributed by atoms with Gasteiger partial charge in [-0.2, -0.15) is 0 Å². The van der Waals surface area contributed by atoms with E-state index in [-0.39, 0.29) is 17.3 Å². The molecule has 0 aromatic heterocycles. The van der Waals surface area contributed by atoms with Crippen LogP contribution in [-0.2, 0) is 26.2 Å². The number of nitrogens with zero attached hydrogens (tertiary/aromatic N) is 2. The summed E-state index contributed by atoms with van der Waals surface area (Å²) < 4.78 is 28.5. The number of halogens is 1. The van der Waals surface area contributed by atoms with Crippen molar-refractivity contribution in [1.82, 2.24) is 10.2 Å². The largest absolute Gasteiger partial charge is 0.354 e. The third kappa shape index (κ3) is 7.58. The van der Waals surface area contributed by atoms with E-state index in [0.717, 1.165) is 22.7 Å².